The van der Waals surface area contributed by atoms with Crippen molar-refractivity contribution in [3.8, 4) is 0 Å². The van der Waals surface area contributed by atoms with Crippen LogP contribution in [-0.2, 0) is 14.3 Å². The van der Waals surface area contributed by atoms with Gasteiger partial charge in [-0.15, -0.1) is 0 Å². The van der Waals surface area contributed by atoms with E-state index in [1.165, 1.54) is 103 Å². The summed E-state index contributed by atoms with van der Waals surface area (Å²) in [6.07, 6.45) is 49.2. The van der Waals surface area contributed by atoms with E-state index in [4.69, 9.17) is 9.47 Å². The van der Waals surface area contributed by atoms with Gasteiger partial charge in [-0.05, 0) is 90.0 Å². The standard InChI is InChI=1S/C45H81NO3/c1-5-8-11-13-15-17-19-21-23-25-27-29-31-33-35-37-44(4)48-42-40-46(39-10-7-3)41-43-49-45(47)38-36-34-32-30-28-26-24-22-20-18-16-14-12-9-6-2/h15-18,21-24H,4-14,19-20,25-43H2,1-3H3/b17-15-,18-16-,23-21-,24-22-. The van der Waals surface area contributed by atoms with Crippen LogP contribution in [0.5, 0.6) is 0 Å². The van der Waals surface area contributed by atoms with Gasteiger partial charge in [-0.1, -0.05) is 147 Å². The van der Waals surface area contributed by atoms with Crippen LogP contribution in [0.4, 0.5) is 0 Å². The van der Waals surface area contributed by atoms with E-state index in [2.05, 4.69) is 80.9 Å². The van der Waals surface area contributed by atoms with Crippen LogP contribution < -0.4 is 0 Å². The van der Waals surface area contributed by atoms with Gasteiger partial charge in [-0.25, -0.2) is 0 Å². The summed E-state index contributed by atoms with van der Waals surface area (Å²) in [4.78, 5) is 14.6. The number of esters is 1. The van der Waals surface area contributed by atoms with E-state index >= 15 is 0 Å². The topological polar surface area (TPSA) is 38.8 Å². The highest BCUT2D eigenvalue weighted by molar-refractivity contribution is 5.69. The van der Waals surface area contributed by atoms with E-state index in [-0.39, 0.29) is 5.97 Å². The van der Waals surface area contributed by atoms with Gasteiger partial charge in [-0.3, -0.25) is 9.69 Å². The van der Waals surface area contributed by atoms with E-state index in [1.54, 1.807) is 0 Å². The van der Waals surface area contributed by atoms with Crippen molar-refractivity contribution in [2.45, 2.75) is 188 Å². The predicted molar refractivity (Wildman–Crippen MR) is 216 cm³/mol. The third-order valence-electron chi connectivity index (χ3n) is 8.95. The first-order valence-electron chi connectivity index (χ1n) is 20.9. The molecule has 4 heteroatoms. The van der Waals surface area contributed by atoms with E-state index in [1.807, 2.05) is 0 Å². The highest BCUT2D eigenvalue weighted by Gasteiger charge is 2.08. The quantitative estimate of drug-likeness (QED) is 0.0281. The van der Waals surface area contributed by atoms with E-state index < -0.39 is 0 Å². The largest absolute Gasteiger partial charge is 0.497 e. The second kappa shape index (κ2) is 40.4. The molecule has 0 aromatic heterocycles. The zero-order valence-electron chi connectivity index (χ0n) is 32.9. The van der Waals surface area contributed by atoms with Crippen molar-refractivity contribution in [3.05, 3.63) is 60.9 Å². The number of nitrogens with zero attached hydrogens (tertiary/aromatic N) is 1. The molecular formula is C45H81NO3. The Morgan fingerprint density at radius 1 is 0.469 bits per heavy atom. The number of carbonyl (C=O) groups is 1. The zero-order chi connectivity index (χ0) is 35.7. The Labute approximate surface area is 305 Å². The molecular weight excluding hydrogens is 602 g/mol. The molecule has 0 fully saturated rings. The van der Waals surface area contributed by atoms with Gasteiger partial charge in [-0.2, -0.15) is 0 Å². The lowest BCUT2D eigenvalue weighted by Crippen LogP contribution is -2.32. The molecule has 0 bridgehead atoms. The van der Waals surface area contributed by atoms with Crippen LogP contribution in [0, 0.1) is 0 Å². The Morgan fingerprint density at radius 3 is 1.37 bits per heavy atom. The second-order valence-electron chi connectivity index (χ2n) is 13.8. The molecule has 0 aromatic rings. The third-order valence-corrected chi connectivity index (χ3v) is 8.95. The average Bonchev–Trinajstić information content (AvgIpc) is 3.10. The lowest BCUT2D eigenvalue weighted by molar-refractivity contribution is -0.144. The molecule has 0 amide bonds. The number of hydrogen-bond acceptors (Lipinski definition) is 4. The lowest BCUT2D eigenvalue weighted by Gasteiger charge is -2.22. The van der Waals surface area contributed by atoms with E-state index in [0.717, 1.165) is 83.2 Å². The summed E-state index contributed by atoms with van der Waals surface area (Å²) in [5.74, 6) is 0.855. The van der Waals surface area contributed by atoms with Gasteiger partial charge in [0.1, 0.15) is 13.2 Å². The predicted octanol–water partition coefficient (Wildman–Crippen LogP) is 13.8. The van der Waals surface area contributed by atoms with Crippen LogP contribution in [-0.4, -0.2) is 43.7 Å². The van der Waals surface area contributed by atoms with Crippen molar-refractivity contribution in [2.24, 2.45) is 0 Å². The number of unbranched alkanes of at least 4 members (excludes halogenated alkanes) is 17. The molecule has 0 aliphatic rings. The summed E-state index contributed by atoms with van der Waals surface area (Å²) >= 11 is 0. The summed E-state index contributed by atoms with van der Waals surface area (Å²) in [5.41, 5.74) is 0. The number of allylic oxidation sites excluding steroid dienone is 9. The van der Waals surface area contributed by atoms with Gasteiger partial charge >= 0.3 is 5.97 Å². The first kappa shape index (κ1) is 46.9. The number of rotatable bonds is 38. The van der Waals surface area contributed by atoms with Crippen molar-refractivity contribution in [1.29, 1.82) is 0 Å². The van der Waals surface area contributed by atoms with Crippen molar-refractivity contribution in [2.75, 3.05) is 32.8 Å². The molecule has 0 unspecified atom stereocenters. The van der Waals surface area contributed by atoms with E-state index in [9.17, 15) is 4.79 Å². The third kappa shape index (κ3) is 38.6. The molecule has 0 aromatic carbocycles. The Kier molecular flexibility index (Phi) is 38.7. The van der Waals surface area contributed by atoms with Crippen LogP contribution in [0.2, 0.25) is 0 Å². The molecule has 0 saturated heterocycles. The Bertz CT molecular complexity index is 763. The summed E-state index contributed by atoms with van der Waals surface area (Å²) in [5, 5.41) is 0. The Morgan fingerprint density at radius 2 is 0.878 bits per heavy atom. The maximum Gasteiger partial charge on any atom is 0.305 e. The minimum absolute atomic E-state index is 0.0526. The molecule has 0 aliphatic carbocycles. The molecule has 0 spiro atoms. The molecule has 0 aliphatic heterocycles. The second-order valence-corrected chi connectivity index (χ2v) is 13.8. The maximum atomic E-state index is 12.3. The molecule has 0 heterocycles. The number of carbonyl (C=O) groups excluding carboxylic acids is 1. The van der Waals surface area contributed by atoms with Gasteiger partial charge in [0.15, 0.2) is 0 Å². The average molecular weight is 684 g/mol. The van der Waals surface area contributed by atoms with Crippen LogP contribution in [0.1, 0.15) is 188 Å². The van der Waals surface area contributed by atoms with Gasteiger partial charge in [0.2, 0.25) is 0 Å². The van der Waals surface area contributed by atoms with E-state index in [0.29, 0.717) is 19.6 Å². The number of ether oxygens (including phenoxy) is 2. The SMILES string of the molecule is C=C(CCCCCCC/C=C\C/C=C\CCCCC)OCCN(CCCC)CCOC(=O)CCCCCCC/C=C\C/C=C\CCCCC. The van der Waals surface area contributed by atoms with Crippen LogP contribution in [0.25, 0.3) is 0 Å². The fraction of sp³-hybridized carbons (Fsp3) is 0.756. The number of hydrogen-bond donors (Lipinski definition) is 0. The molecule has 49 heavy (non-hydrogen) atoms. The van der Waals surface area contributed by atoms with Crippen LogP contribution in [0.3, 0.4) is 0 Å². The highest BCUT2D eigenvalue weighted by atomic mass is 16.5. The maximum absolute atomic E-state index is 12.3. The molecule has 284 valence electrons. The molecule has 0 rings (SSSR count). The van der Waals surface area contributed by atoms with Gasteiger partial charge in [0.25, 0.3) is 0 Å². The highest BCUT2D eigenvalue weighted by Crippen LogP contribution is 2.13. The van der Waals surface area contributed by atoms with Gasteiger partial charge in [0.05, 0.1) is 5.76 Å². The molecule has 0 radical (unpaired) electrons. The fourth-order valence-electron chi connectivity index (χ4n) is 5.68. The zero-order valence-corrected chi connectivity index (χ0v) is 32.9. The fourth-order valence-corrected chi connectivity index (χ4v) is 5.68. The summed E-state index contributed by atoms with van der Waals surface area (Å²) < 4.78 is 11.5. The lowest BCUT2D eigenvalue weighted by atomic mass is 10.1. The smallest absolute Gasteiger partial charge is 0.305 e. The van der Waals surface area contributed by atoms with Crippen molar-refractivity contribution in [3.63, 3.8) is 0 Å². The Balaban J connectivity index is 3.77. The van der Waals surface area contributed by atoms with Crippen molar-refractivity contribution in [1.82, 2.24) is 4.90 Å². The minimum Gasteiger partial charge on any atom is -0.497 e. The molecule has 0 saturated carbocycles. The van der Waals surface area contributed by atoms with Gasteiger partial charge in [0, 0.05) is 25.9 Å². The molecule has 4 nitrogen and oxygen atoms in total. The van der Waals surface area contributed by atoms with Crippen LogP contribution in [0.15, 0.2) is 60.9 Å². The summed E-state index contributed by atoms with van der Waals surface area (Å²) in [6, 6.07) is 0. The first-order valence-corrected chi connectivity index (χ1v) is 20.9. The Hall–Kier alpha value is -2.07. The van der Waals surface area contributed by atoms with Crippen molar-refractivity contribution < 1.29 is 14.3 Å². The molecule has 0 N–H and O–H groups in total. The first-order chi connectivity index (χ1) is 24.1. The summed E-state index contributed by atoms with van der Waals surface area (Å²) in [7, 11) is 0. The monoisotopic (exact) mass is 684 g/mol. The van der Waals surface area contributed by atoms with Crippen molar-refractivity contribution >= 4 is 5.97 Å². The minimum atomic E-state index is -0.0526. The van der Waals surface area contributed by atoms with Crippen LogP contribution >= 0.6 is 0 Å². The van der Waals surface area contributed by atoms with Gasteiger partial charge < -0.3 is 9.47 Å². The normalized spacial score (nSPS) is 12.1. The molecule has 0 atom stereocenters. The summed E-state index contributed by atoms with van der Waals surface area (Å²) in [6.45, 7) is 14.6.